The zero-order valence-electron chi connectivity index (χ0n) is 12.2. The van der Waals surface area contributed by atoms with Gasteiger partial charge in [-0.1, -0.05) is 18.2 Å². The molecule has 19 heavy (non-hydrogen) atoms. The lowest BCUT2D eigenvalue weighted by Crippen LogP contribution is -2.26. The van der Waals surface area contributed by atoms with Gasteiger partial charge in [-0.05, 0) is 57.2 Å². The summed E-state index contributed by atoms with van der Waals surface area (Å²) in [6.07, 6.45) is 1.58. The third-order valence-electron chi connectivity index (χ3n) is 3.48. The summed E-state index contributed by atoms with van der Waals surface area (Å²) in [6, 6.07) is 8.71. The van der Waals surface area contributed by atoms with Gasteiger partial charge in [-0.25, -0.2) is 0 Å². The Morgan fingerprint density at radius 2 is 2.11 bits per heavy atom. The summed E-state index contributed by atoms with van der Waals surface area (Å²) in [4.78, 5) is 0. The number of thioether (sulfide) groups is 1. The van der Waals surface area contributed by atoms with Gasteiger partial charge in [0.05, 0.1) is 6.10 Å². The van der Waals surface area contributed by atoms with E-state index in [1.807, 2.05) is 6.07 Å². The summed E-state index contributed by atoms with van der Waals surface area (Å²) in [5, 5.41) is 3.66. The first kappa shape index (κ1) is 14.7. The predicted molar refractivity (Wildman–Crippen MR) is 84.1 cm³/mol. The standard InChI is InChI=1S/C16H25NOS/c1-12(2)18-16-7-5-4-6-15(16)13(3)17-10-14-8-9-19-11-14/h4-7,12-14,17H,8-11H2,1-3H3. The molecular formula is C16H25NOS. The van der Waals surface area contributed by atoms with Crippen molar-refractivity contribution in [3.05, 3.63) is 29.8 Å². The van der Waals surface area contributed by atoms with Crippen molar-refractivity contribution in [1.29, 1.82) is 0 Å². The number of rotatable bonds is 6. The summed E-state index contributed by atoms with van der Waals surface area (Å²) < 4.78 is 5.89. The molecule has 0 aromatic heterocycles. The van der Waals surface area contributed by atoms with E-state index in [1.165, 1.54) is 23.5 Å². The van der Waals surface area contributed by atoms with E-state index in [1.54, 1.807) is 0 Å². The Bertz CT molecular complexity index is 388. The summed E-state index contributed by atoms with van der Waals surface area (Å²) in [6.45, 7) is 7.49. The average Bonchev–Trinajstić information content (AvgIpc) is 2.89. The molecular weight excluding hydrogens is 254 g/mol. The van der Waals surface area contributed by atoms with Crippen molar-refractivity contribution < 1.29 is 4.74 Å². The van der Waals surface area contributed by atoms with Crippen molar-refractivity contribution in [3.8, 4) is 5.75 Å². The first-order valence-corrected chi connectivity index (χ1v) is 8.39. The van der Waals surface area contributed by atoms with Gasteiger partial charge >= 0.3 is 0 Å². The largest absolute Gasteiger partial charge is 0.491 e. The fraction of sp³-hybridized carbons (Fsp3) is 0.625. The van der Waals surface area contributed by atoms with E-state index in [4.69, 9.17) is 4.74 Å². The van der Waals surface area contributed by atoms with Gasteiger partial charge in [-0.3, -0.25) is 0 Å². The highest BCUT2D eigenvalue weighted by molar-refractivity contribution is 7.99. The van der Waals surface area contributed by atoms with Crippen molar-refractivity contribution in [2.24, 2.45) is 5.92 Å². The smallest absolute Gasteiger partial charge is 0.124 e. The van der Waals surface area contributed by atoms with Crippen LogP contribution in [0.15, 0.2) is 24.3 Å². The molecule has 2 nitrogen and oxygen atoms in total. The molecule has 0 aliphatic carbocycles. The molecule has 2 atom stereocenters. The lowest BCUT2D eigenvalue weighted by atomic mass is 10.1. The van der Waals surface area contributed by atoms with Crippen LogP contribution in [0.4, 0.5) is 0 Å². The Hall–Kier alpha value is -0.670. The average molecular weight is 279 g/mol. The number of hydrogen-bond donors (Lipinski definition) is 1. The molecule has 2 rings (SSSR count). The maximum Gasteiger partial charge on any atom is 0.124 e. The van der Waals surface area contributed by atoms with Crippen molar-refractivity contribution in [2.45, 2.75) is 39.3 Å². The van der Waals surface area contributed by atoms with Crippen molar-refractivity contribution in [2.75, 3.05) is 18.1 Å². The van der Waals surface area contributed by atoms with E-state index in [0.717, 1.165) is 18.2 Å². The van der Waals surface area contributed by atoms with Gasteiger partial charge in [-0.15, -0.1) is 0 Å². The zero-order chi connectivity index (χ0) is 13.7. The molecule has 1 aromatic rings. The van der Waals surface area contributed by atoms with Crippen LogP contribution in [-0.2, 0) is 0 Å². The molecule has 1 saturated heterocycles. The van der Waals surface area contributed by atoms with Crippen LogP contribution in [0.2, 0.25) is 0 Å². The molecule has 0 amide bonds. The molecule has 0 saturated carbocycles. The van der Waals surface area contributed by atoms with E-state index in [0.29, 0.717) is 6.04 Å². The normalized spacial score (nSPS) is 20.7. The highest BCUT2D eigenvalue weighted by atomic mass is 32.2. The summed E-state index contributed by atoms with van der Waals surface area (Å²) in [5.74, 6) is 4.49. The minimum Gasteiger partial charge on any atom is -0.491 e. The Balaban J connectivity index is 1.95. The fourth-order valence-corrected chi connectivity index (χ4v) is 3.68. The molecule has 1 fully saturated rings. The Morgan fingerprint density at radius 1 is 1.32 bits per heavy atom. The first-order valence-electron chi connectivity index (χ1n) is 7.23. The SMILES string of the molecule is CC(C)Oc1ccccc1C(C)NCC1CCSC1. The van der Waals surface area contributed by atoms with Crippen LogP contribution in [0.5, 0.6) is 5.75 Å². The van der Waals surface area contributed by atoms with Crippen LogP contribution in [0, 0.1) is 5.92 Å². The van der Waals surface area contributed by atoms with Crippen LogP contribution < -0.4 is 10.1 Å². The first-order chi connectivity index (χ1) is 9.16. The second-order valence-corrected chi connectivity index (χ2v) is 6.71. The van der Waals surface area contributed by atoms with Gasteiger partial charge < -0.3 is 10.1 Å². The quantitative estimate of drug-likeness (QED) is 0.854. The van der Waals surface area contributed by atoms with Gasteiger partial charge in [0.2, 0.25) is 0 Å². The van der Waals surface area contributed by atoms with Gasteiger partial charge in [-0.2, -0.15) is 11.8 Å². The number of nitrogens with one attached hydrogen (secondary N) is 1. The van der Waals surface area contributed by atoms with Crippen molar-refractivity contribution >= 4 is 11.8 Å². The highest BCUT2D eigenvalue weighted by Crippen LogP contribution is 2.27. The molecule has 1 aliphatic heterocycles. The molecule has 2 unspecified atom stereocenters. The molecule has 0 radical (unpaired) electrons. The second-order valence-electron chi connectivity index (χ2n) is 5.56. The van der Waals surface area contributed by atoms with E-state index in [-0.39, 0.29) is 6.10 Å². The fourth-order valence-electron chi connectivity index (χ4n) is 2.40. The Morgan fingerprint density at radius 3 is 2.79 bits per heavy atom. The zero-order valence-corrected chi connectivity index (χ0v) is 13.0. The van der Waals surface area contributed by atoms with E-state index >= 15 is 0 Å². The van der Waals surface area contributed by atoms with Crippen molar-refractivity contribution in [1.82, 2.24) is 5.32 Å². The van der Waals surface area contributed by atoms with Gasteiger partial charge in [0.15, 0.2) is 0 Å². The monoisotopic (exact) mass is 279 g/mol. The van der Waals surface area contributed by atoms with Gasteiger partial charge in [0, 0.05) is 11.6 Å². The number of ether oxygens (including phenoxy) is 1. The van der Waals surface area contributed by atoms with E-state index < -0.39 is 0 Å². The van der Waals surface area contributed by atoms with Crippen LogP contribution in [0.25, 0.3) is 0 Å². The third kappa shape index (κ3) is 4.43. The molecule has 0 bridgehead atoms. The van der Waals surface area contributed by atoms with Gasteiger partial charge in [0.25, 0.3) is 0 Å². The predicted octanol–water partition coefficient (Wildman–Crippen LogP) is 3.88. The lowest BCUT2D eigenvalue weighted by Gasteiger charge is -2.21. The molecule has 1 N–H and O–H groups in total. The van der Waals surface area contributed by atoms with Crippen LogP contribution in [-0.4, -0.2) is 24.2 Å². The van der Waals surface area contributed by atoms with Crippen LogP contribution in [0.1, 0.15) is 38.8 Å². The molecule has 1 heterocycles. The summed E-state index contributed by atoms with van der Waals surface area (Å²) in [5.41, 5.74) is 1.27. The third-order valence-corrected chi connectivity index (χ3v) is 4.72. The number of para-hydroxylation sites is 1. The van der Waals surface area contributed by atoms with Crippen LogP contribution in [0.3, 0.4) is 0 Å². The topological polar surface area (TPSA) is 21.3 Å². The minimum atomic E-state index is 0.222. The Labute approximate surface area is 121 Å². The number of benzene rings is 1. The molecule has 1 aromatic carbocycles. The van der Waals surface area contributed by atoms with Crippen molar-refractivity contribution in [3.63, 3.8) is 0 Å². The van der Waals surface area contributed by atoms with Gasteiger partial charge in [0.1, 0.15) is 5.75 Å². The van der Waals surface area contributed by atoms with E-state index in [9.17, 15) is 0 Å². The minimum absolute atomic E-state index is 0.222. The molecule has 1 aliphatic rings. The maximum absolute atomic E-state index is 5.89. The summed E-state index contributed by atoms with van der Waals surface area (Å²) >= 11 is 2.08. The molecule has 0 spiro atoms. The second kappa shape index (κ2) is 7.20. The number of hydrogen-bond acceptors (Lipinski definition) is 3. The van der Waals surface area contributed by atoms with E-state index in [2.05, 4.69) is 56.0 Å². The lowest BCUT2D eigenvalue weighted by molar-refractivity contribution is 0.238. The molecule has 3 heteroatoms. The highest BCUT2D eigenvalue weighted by Gasteiger charge is 2.17. The Kier molecular flexibility index (Phi) is 5.59. The van der Waals surface area contributed by atoms with Crippen LogP contribution >= 0.6 is 11.8 Å². The summed E-state index contributed by atoms with van der Waals surface area (Å²) in [7, 11) is 0. The molecule has 106 valence electrons. The maximum atomic E-state index is 5.89.